The third-order valence-electron chi connectivity index (χ3n) is 2.08. The van der Waals surface area contributed by atoms with Crippen molar-refractivity contribution in [3.05, 3.63) is 40.4 Å². The highest BCUT2D eigenvalue weighted by atomic mass is 35.5. The number of hydrogen-bond donors (Lipinski definition) is 0. The number of pyridine rings is 1. The van der Waals surface area contributed by atoms with Crippen molar-refractivity contribution in [1.82, 2.24) is 15.0 Å². The first-order valence-electron chi connectivity index (χ1n) is 5.58. The predicted molar refractivity (Wildman–Crippen MR) is 75.7 cm³/mol. The largest absolute Gasteiger partial charge is 0.374 e. The van der Waals surface area contributed by atoms with Crippen molar-refractivity contribution in [3.8, 4) is 0 Å². The van der Waals surface area contributed by atoms with Gasteiger partial charge in [-0.15, -0.1) is 0 Å². The summed E-state index contributed by atoms with van der Waals surface area (Å²) in [5.74, 6) is 0.545. The standard InChI is InChI=1S/C12H11Cl2N3OS/c1-2-18-7-10-16-9(14)6-11(17-10)19-12-8(13)4-3-5-15-12/h3-6H,2,7H2,1H3. The molecule has 4 nitrogen and oxygen atoms in total. The molecule has 0 fully saturated rings. The Morgan fingerprint density at radius 3 is 2.89 bits per heavy atom. The number of ether oxygens (including phenoxy) is 1. The highest BCUT2D eigenvalue weighted by molar-refractivity contribution is 7.99. The number of halogens is 2. The average molecular weight is 316 g/mol. The van der Waals surface area contributed by atoms with Crippen LogP contribution in [-0.4, -0.2) is 21.6 Å². The van der Waals surface area contributed by atoms with Gasteiger partial charge in [-0.3, -0.25) is 0 Å². The zero-order valence-electron chi connectivity index (χ0n) is 10.1. The molecule has 0 spiro atoms. The van der Waals surface area contributed by atoms with Crippen molar-refractivity contribution < 1.29 is 4.74 Å². The van der Waals surface area contributed by atoms with Gasteiger partial charge >= 0.3 is 0 Å². The highest BCUT2D eigenvalue weighted by Crippen LogP contribution is 2.30. The SMILES string of the molecule is CCOCc1nc(Cl)cc(Sc2ncccc2Cl)n1. The Kier molecular flexibility index (Phi) is 5.39. The van der Waals surface area contributed by atoms with Crippen LogP contribution < -0.4 is 0 Å². The lowest BCUT2D eigenvalue weighted by molar-refractivity contribution is 0.128. The second-order valence-electron chi connectivity index (χ2n) is 3.47. The molecule has 0 radical (unpaired) electrons. The van der Waals surface area contributed by atoms with E-state index in [1.807, 2.05) is 6.92 Å². The van der Waals surface area contributed by atoms with E-state index in [4.69, 9.17) is 27.9 Å². The van der Waals surface area contributed by atoms with Gasteiger partial charge < -0.3 is 4.74 Å². The fourth-order valence-corrected chi connectivity index (χ4v) is 2.60. The van der Waals surface area contributed by atoms with Crippen molar-refractivity contribution in [2.24, 2.45) is 0 Å². The molecule has 0 atom stereocenters. The third-order valence-corrected chi connectivity index (χ3v) is 3.63. The summed E-state index contributed by atoms with van der Waals surface area (Å²) in [7, 11) is 0. The Morgan fingerprint density at radius 1 is 1.32 bits per heavy atom. The summed E-state index contributed by atoms with van der Waals surface area (Å²) in [6.07, 6.45) is 1.68. The third kappa shape index (κ3) is 4.31. The summed E-state index contributed by atoms with van der Waals surface area (Å²) < 4.78 is 5.27. The average Bonchev–Trinajstić information content (AvgIpc) is 2.38. The molecule has 0 aliphatic rings. The molecule has 0 aliphatic carbocycles. The topological polar surface area (TPSA) is 47.9 Å². The van der Waals surface area contributed by atoms with Gasteiger partial charge in [0.1, 0.15) is 21.8 Å². The first-order valence-corrected chi connectivity index (χ1v) is 7.16. The van der Waals surface area contributed by atoms with E-state index in [2.05, 4.69) is 15.0 Å². The van der Waals surface area contributed by atoms with Crippen LogP contribution in [-0.2, 0) is 11.3 Å². The van der Waals surface area contributed by atoms with Gasteiger partial charge in [-0.1, -0.05) is 23.2 Å². The van der Waals surface area contributed by atoms with Gasteiger partial charge in [0.25, 0.3) is 0 Å². The van der Waals surface area contributed by atoms with Crippen LogP contribution in [0.5, 0.6) is 0 Å². The maximum atomic E-state index is 6.05. The molecule has 2 aromatic rings. The monoisotopic (exact) mass is 315 g/mol. The van der Waals surface area contributed by atoms with Crippen LogP contribution in [0.25, 0.3) is 0 Å². The Labute approximate surface area is 125 Å². The summed E-state index contributed by atoms with van der Waals surface area (Å²) >= 11 is 13.4. The van der Waals surface area contributed by atoms with E-state index in [1.54, 1.807) is 24.4 Å². The lowest BCUT2D eigenvalue weighted by atomic mass is 10.5. The first kappa shape index (κ1) is 14.5. The maximum absolute atomic E-state index is 6.05. The lowest BCUT2D eigenvalue weighted by Gasteiger charge is -2.05. The van der Waals surface area contributed by atoms with Gasteiger partial charge in [0, 0.05) is 18.9 Å². The van der Waals surface area contributed by atoms with Gasteiger partial charge in [0.05, 0.1) is 5.02 Å². The molecule has 0 unspecified atom stereocenters. The van der Waals surface area contributed by atoms with Crippen LogP contribution in [0, 0.1) is 0 Å². The zero-order valence-corrected chi connectivity index (χ0v) is 12.5. The van der Waals surface area contributed by atoms with E-state index in [9.17, 15) is 0 Å². The van der Waals surface area contributed by atoms with Crippen molar-refractivity contribution in [1.29, 1.82) is 0 Å². The summed E-state index contributed by atoms with van der Waals surface area (Å²) in [4.78, 5) is 12.6. The number of aromatic nitrogens is 3. The normalized spacial score (nSPS) is 10.7. The maximum Gasteiger partial charge on any atom is 0.157 e. The van der Waals surface area contributed by atoms with Crippen LogP contribution in [0.1, 0.15) is 12.7 Å². The molecule has 7 heteroatoms. The Bertz CT molecular complexity index is 568. The quantitative estimate of drug-likeness (QED) is 0.784. The fraction of sp³-hybridized carbons (Fsp3) is 0.250. The van der Waals surface area contributed by atoms with E-state index in [1.165, 1.54) is 11.8 Å². The van der Waals surface area contributed by atoms with Crippen molar-refractivity contribution in [3.63, 3.8) is 0 Å². The van der Waals surface area contributed by atoms with Crippen molar-refractivity contribution in [2.75, 3.05) is 6.61 Å². The fourth-order valence-electron chi connectivity index (χ4n) is 1.30. The van der Waals surface area contributed by atoms with E-state index in [0.29, 0.717) is 39.3 Å². The van der Waals surface area contributed by atoms with E-state index < -0.39 is 0 Å². The van der Waals surface area contributed by atoms with Crippen LogP contribution >= 0.6 is 35.0 Å². The second-order valence-corrected chi connectivity index (χ2v) is 5.28. The number of nitrogens with zero attached hydrogens (tertiary/aromatic N) is 3. The molecule has 0 N–H and O–H groups in total. The molecule has 0 aliphatic heterocycles. The number of hydrogen-bond acceptors (Lipinski definition) is 5. The lowest BCUT2D eigenvalue weighted by Crippen LogP contribution is -2.00. The molecule has 100 valence electrons. The first-order chi connectivity index (χ1) is 9.19. The summed E-state index contributed by atoms with van der Waals surface area (Å²) in [5, 5.41) is 2.32. The molecular weight excluding hydrogens is 305 g/mol. The molecule has 2 rings (SSSR count). The summed E-state index contributed by atoms with van der Waals surface area (Å²) in [6.45, 7) is 2.85. The van der Waals surface area contributed by atoms with Gasteiger partial charge in [0.2, 0.25) is 0 Å². The van der Waals surface area contributed by atoms with Gasteiger partial charge in [-0.05, 0) is 30.8 Å². The second kappa shape index (κ2) is 7.05. The van der Waals surface area contributed by atoms with E-state index in [0.717, 1.165) is 0 Å². The smallest absolute Gasteiger partial charge is 0.157 e. The molecule has 2 aromatic heterocycles. The van der Waals surface area contributed by atoms with Crippen molar-refractivity contribution in [2.45, 2.75) is 23.6 Å². The predicted octanol–water partition coefficient (Wildman–Crippen LogP) is 3.87. The van der Waals surface area contributed by atoms with E-state index in [-0.39, 0.29) is 0 Å². The Hall–Kier alpha value is -0.880. The van der Waals surface area contributed by atoms with Crippen LogP contribution in [0.15, 0.2) is 34.4 Å². The Balaban J connectivity index is 2.20. The molecule has 0 amide bonds. The van der Waals surface area contributed by atoms with Crippen LogP contribution in [0.3, 0.4) is 0 Å². The summed E-state index contributed by atoms with van der Waals surface area (Å²) in [6, 6.07) is 5.23. The summed E-state index contributed by atoms with van der Waals surface area (Å²) in [5.41, 5.74) is 0. The van der Waals surface area contributed by atoms with Gasteiger partial charge in [-0.25, -0.2) is 15.0 Å². The van der Waals surface area contributed by atoms with E-state index >= 15 is 0 Å². The van der Waals surface area contributed by atoms with Gasteiger partial charge in [-0.2, -0.15) is 0 Å². The molecule has 0 aromatic carbocycles. The molecular formula is C12H11Cl2N3OS. The molecule has 19 heavy (non-hydrogen) atoms. The molecule has 0 bridgehead atoms. The van der Waals surface area contributed by atoms with Crippen molar-refractivity contribution >= 4 is 35.0 Å². The highest BCUT2D eigenvalue weighted by Gasteiger charge is 2.08. The van der Waals surface area contributed by atoms with Crippen LogP contribution in [0.2, 0.25) is 10.2 Å². The number of rotatable bonds is 5. The minimum absolute atomic E-state index is 0.334. The minimum Gasteiger partial charge on any atom is -0.374 e. The molecule has 2 heterocycles. The Morgan fingerprint density at radius 2 is 2.16 bits per heavy atom. The van der Waals surface area contributed by atoms with Gasteiger partial charge in [0.15, 0.2) is 5.82 Å². The molecule has 0 saturated carbocycles. The minimum atomic E-state index is 0.334. The molecule has 0 saturated heterocycles. The zero-order chi connectivity index (χ0) is 13.7. The van der Waals surface area contributed by atoms with Crippen LogP contribution in [0.4, 0.5) is 0 Å².